The highest BCUT2D eigenvalue weighted by molar-refractivity contribution is 6.01. The van der Waals surface area contributed by atoms with Crippen molar-refractivity contribution in [3.63, 3.8) is 0 Å². The molecule has 23 N–H and O–H groups in total. The second-order valence-corrected chi connectivity index (χ2v) is 15.3. The number of fused-ring (bicyclic) bond motifs is 8. The Kier molecular flexibility index (Phi) is 10.6. The Morgan fingerprint density at radius 1 is 0.422 bits per heavy atom. The molecule has 7 aromatic rings. The molecule has 1 atom stereocenters. The minimum Gasteiger partial charge on any atom is -0.354 e. The minimum absolute atomic E-state index is 0.0982. The highest BCUT2D eigenvalue weighted by Gasteiger charge is 2.20. The first kappa shape index (κ1) is 40.4. The van der Waals surface area contributed by atoms with Gasteiger partial charge in [-0.15, -0.1) is 0 Å². The zero-order valence-electron chi connectivity index (χ0n) is 34.6. The van der Waals surface area contributed by atoms with Crippen LogP contribution in [-0.4, -0.2) is 44.1 Å². The van der Waals surface area contributed by atoms with E-state index in [9.17, 15) is 0 Å². The Bertz CT molecular complexity index is 3140. The van der Waals surface area contributed by atoms with Crippen molar-refractivity contribution in [2.45, 2.75) is 6.29 Å². The van der Waals surface area contributed by atoms with E-state index in [4.69, 9.17) is 49.1 Å². The van der Waals surface area contributed by atoms with Gasteiger partial charge >= 0.3 is 17.9 Å². The second kappa shape index (κ2) is 16.8. The van der Waals surface area contributed by atoms with Gasteiger partial charge in [0.1, 0.15) is 0 Å². The quantitative estimate of drug-likeness (QED) is 0.0566. The molecule has 0 spiro atoms. The number of nitrogens with zero attached hydrogens (tertiary/aromatic N) is 2. The van der Waals surface area contributed by atoms with Crippen LogP contribution in [0.25, 0.3) is 90.9 Å². The van der Waals surface area contributed by atoms with E-state index in [1.165, 1.54) is 0 Å². The van der Waals surface area contributed by atoms with Gasteiger partial charge in [0.05, 0.1) is 39.8 Å². The molecule has 2 aliphatic rings. The van der Waals surface area contributed by atoms with Crippen molar-refractivity contribution in [2.75, 3.05) is 21.3 Å². The molecule has 0 fully saturated rings. The number of aromatic amines is 2. The van der Waals surface area contributed by atoms with Gasteiger partial charge in [-0.25, -0.2) is 25.9 Å². The fourth-order valence-corrected chi connectivity index (χ4v) is 8.03. The van der Waals surface area contributed by atoms with Gasteiger partial charge in [-0.1, -0.05) is 48.5 Å². The molecule has 5 heterocycles. The van der Waals surface area contributed by atoms with Crippen LogP contribution in [0.2, 0.25) is 0 Å². The molecule has 9 rings (SSSR count). The van der Waals surface area contributed by atoms with Crippen molar-refractivity contribution < 1.29 is 22.0 Å². The van der Waals surface area contributed by atoms with Gasteiger partial charge in [-0.2, -0.15) is 0 Å². The van der Waals surface area contributed by atoms with Gasteiger partial charge < -0.3 is 21.0 Å². The molecule has 8 bridgehead atoms. The molecule has 0 saturated carbocycles. The van der Waals surface area contributed by atoms with Crippen molar-refractivity contribution >= 4 is 87.0 Å². The van der Waals surface area contributed by atoms with Gasteiger partial charge in [-0.3, -0.25) is 39.2 Å². The van der Waals surface area contributed by atoms with Crippen LogP contribution in [0.5, 0.6) is 0 Å². The third kappa shape index (κ3) is 8.35. The molecule has 0 radical (unpaired) electrons. The van der Waals surface area contributed by atoms with Crippen LogP contribution in [0.1, 0.15) is 22.8 Å². The first-order chi connectivity index (χ1) is 30.9. The van der Waals surface area contributed by atoms with Crippen LogP contribution in [0.4, 0.5) is 22.7 Å². The second-order valence-electron chi connectivity index (χ2n) is 15.3. The number of benzene rings is 4. The SMILES string of the molecule is NC(=[NH2+])Nc1ccc(-c2c3nc(c(-c4ccc(NC(N)=[NH2+])cc4)c4ccc([nH]4)c(-c4ccc(NC(N)[NH3+])cc4)c4nc(c(-c5ccc(NC(N)=[NH2+])cc5)c5ccc2[nH]5)C=C4)C=C3)cc1. The maximum atomic E-state index is 5.97. The number of nitrogens with one attached hydrogen (secondary N) is 6. The molecule has 0 saturated heterocycles. The molecule has 0 aliphatic carbocycles. The zero-order valence-corrected chi connectivity index (χ0v) is 34.6. The Hall–Kier alpha value is -8.99. The average molecular weight is 849 g/mol. The van der Waals surface area contributed by atoms with E-state index in [2.05, 4.69) is 61.2 Å². The number of aromatic nitrogens is 4. The monoisotopic (exact) mass is 848 g/mol. The minimum atomic E-state index is -0.467. The van der Waals surface area contributed by atoms with Gasteiger partial charge in [-0.05, 0) is 119 Å². The van der Waals surface area contributed by atoms with Gasteiger partial charge in [0.2, 0.25) is 6.29 Å². The summed E-state index contributed by atoms with van der Waals surface area (Å²) in [7, 11) is 0. The fourth-order valence-electron chi connectivity index (χ4n) is 8.03. The van der Waals surface area contributed by atoms with Crippen molar-refractivity contribution in [1.82, 2.24) is 19.9 Å². The average Bonchev–Trinajstić information content (AvgIpc) is 4.11. The van der Waals surface area contributed by atoms with Crippen LogP contribution in [0, 0.1) is 0 Å². The number of anilines is 4. The van der Waals surface area contributed by atoms with Crippen LogP contribution in [0.3, 0.4) is 0 Å². The number of H-pyrrole nitrogens is 2. The van der Waals surface area contributed by atoms with E-state index < -0.39 is 6.29 Å². The standard InChI is InChI=1S/C48H44N16/c49-45(50)57-29-9-1-25(2-10-29)41-33-17-19-35(61-33)42(26-3-11-30(12-4-26)58-46(51)52)37-21-23-39(63-37)44(28-7-15-32(16-8-28)60-48(55)56)40-24-22-38(64-40)43(36-20-18-34(41)62-36)27-5-13-31(14-6-27)59-47(53)54/h1-24,45,57,61,64H,49-50H2,(H4,51,52,58)(H4,53,54,59)(H4,55,56,60)/p+4. The molecule has 16 heteroatoms. The number of hydrogen-bond donors (Lipinski definition) is 14. The summed E-state index contributed by atoms with van der Waals surface area (Å²) in [6, 6.07) is 40.0. The number of quaternary nitrogens is 1. The van der Waals surface area contributed by atoms with Crippen LogP contribution >= 0.6 is 0 Å². The predicted molar refractivity (Wildman–Crippen MR) is 259 cm³/mol. The predicted octanol–water partition coefficient (Wildman–Crippen LogP) is 1.68. The van der Waals surface area contributed by atoms with Crippen LogP contribution < -0.4 is 66.2 Å². The van der Waals surface area contributed by atoms with Gasteiger partial charge in [0.15, 0.2) is 0 Å². The summed E-state index contributed by atoms with van der Waals surface area (Å²) in [6.07, 6.45) is 7.70. The summed E-state index contributed by atoms with van der Waals surface area (Å²) < 4.78 is 0. The lowest BCUT2D eigenvalue weighted by molar-refractivity contribution is -0.408. The molecule has 0 amide bonds. The molecule has 64 heavy (non-hydrogen) atoms. The van der Waals surface area contributed by atoms with Gasteiger partial charge in [0.25, 0.3) is 0 Å². The molecule has 2 aliphatic heterocycles. The van der Waals surface area contributed by atoms with Crippen molar-refractivity contribution in [2.24, 2.45) is 22.9 Å². The van der Waals surface area contributed by atoms with E-state index in [0.717, 1.165) is 112 Å². The maximum Gasteiger partial charge on any atom is 0.343 e. The summed E-state index contributed by atoms with van der Waals surface area (Å²) in [6.45, 7) is 0. The summed E-state index contributed by atoms with van der Waals surface area (Å²) in [5.41, 5.74) is 43.9. The van der Waals surface area contributed by atoms with Crippen LogP contribution in [0.15, 0.2) is 121 Å². The molecule has 4 aromatic carbocycles. The summed E-state index contributed by atoms with van der Waals surface area (Å²) in [5.74, 6) is 0.298. The molecule has 16 nitrogen and oxygen atoms in total. The summed E-state index contributed by atoms with van der Waals surface area (Å²) >= 11 is 0. The van der Waals surface area contributed by atoms with E-state index in [0.29, 0.717) is 0 Å². The Balaban J connectivity index is 1.38. The molecule has 316 valence electrons. The third-order valence-electron chi connectivity index (χ3n) is 10.7. The zero-order chi connectivity index (χ0) is 44.5. The topological polar surface area (TPSA) is 314 Å². The lowest BCUT2D eigenvalue weighted by atomic mass is 10.0. The molecular formula is C48H48N16+4. The number of hydrogen-bond acceptors (Lipinski definition) is 4. The summed E-state index contributed by atoms with van der Waals surface area (Å²) in [4.78, 5) is 18.3. The lowest BCUT2D eigenvalue weighted by Gasteiger charge is -2.09. The number of rotatable bonds is 9. The van der Waals surface area contributed by atoms with Crippen molar-refractivity contribution in [3.8, 4) is 44.5 Å². The van der Waals surface area contributed by atoms with Crippen LogP contribution in [-0.2, 0) is 0 Å². The van der Waals surface area contributed by atoms with E-state index in [1.54, 1.807) is 0 Å². The maximum absolute atomic E-state index is 5.97. The normalized spacial score (nSPS) is 12.1. The molecule has 1 unspecified atom stereocenters. The van der Waals surface area contributed by atoms with E-state index >= 15 is 0 Å². The van der Waals surface area contributed by atoms with E-state index in [-0.39, 0.29) is 17.9 Å². The highest BCUT2D eigenvalue weighted by atomic mass is 15.1. The third-order valence-corrected chi connectivity index (χ3v) is 10.7. The number of guanidine groups is 3. The molecule has 3 aromatic heterocycles. The first-order valence-electron chi connectivity index (χ1n) is 20.3. The lowest BCUT2D eigenvalue weighted by Crippen LogP contribution is -2.70. The Morgan fingerprint density at radius 3 is 0.906 bits per heavy atom. The Labute approximate surface area is 366 Å². The van der Waals surface area contributed by atoms with Crippen molar-refractivity contribution in [3.05, 3.63) is 144 Å². The fraction of sp³-hybridized carbons (Fsp3) is 0.0208. The van der Waals surface area contributed by atoms with Gasteiger partial charge in [0, 0.05) is 50.0 Å². The van der Waals surface area contributed by atoms with E-state index in [1.807, 2.05) is 121 Å². The smallest absolute Gasteiger partial charge is 0.343 e. The first-order valence-corrected chi connectivity index (χ1v) is 20.3. The highest BCUT2D eigenvalue weighted by Crippen LogP contribution is 2.39. The van der Waals surface area contributed by atoms with Crippen molar-refractivity contribution in [1.29, 1.82) is 0 Å². The summed E-state index contributed by atoms with van der Waals surface area (Å²) in [5, 5.41) is 29.5. The largest absolute Gasteiger partial charge is 0.354 e. The number of nitrogens with two attached hydrogens (primary N) is 7. The Morgan fingerprint density at radius 2 is 0.672 bits per heavy atom. The molecular weight excluding hydrogens is 801 g/mol.